The number of hydrogen-bond acceptors (Lipinski definition) is 6. The van der Waals surface area contributed by atoms with Crippen molar-refractivity contribution >= 4 is 28.3 Å². The quantitative estimate of drug-likeness (QED) is 0.715. The molecule has 1 atom stereocenters. The zero-order valence-electron chi connectivity index (χ0n) is 14.9. The maximum atomic E-state index is 11.8. The molecule has 6 heteroatoms. The minimum atomic E-state index is -0.231. The van der Waals surface area contributed by atoms with Crippen molar-refractivity contribution in [2.45, 2.75) is 18.1 Å². The van der Waals surface area contributed by atoms with Gasteiger partial charge in [-0.3, -0.25) is 9.59 Å². The maximum absolute atomic E-state index is 11.8. The number of carbonyl (C=O) groups excluding carboxylic acids is 2. The molecule has 0 bridgehead atoms. The van der Waals surface area contributed by atoms with E-state index in [9.17, 15) is 9.59 Å². The second-order valence-electron chi connectivity index (χ2n) is 6.62. The molecule has 0 spiro atoms. The number of Topliss-reactive ketones (excluding diaryl/α,β-unsaturated/α-hetero) is 1. The summed E-state index contributed by atoms with van der Waals surface area (Å²) in [6, 6.07) is 15.8. The summed E-state index contributed by atoms with van der Waals surface area (Å²) in [4.78, 5) is 25.4. The van der Waals surface area contributed by atoms with Gasteiger partial charge in [0, 0.05) is 0 Å². The van der Waals surface area contributed by atoms with Gasteiger partial charge in [-0.15, -0.1) is 0 Å². The Bertz CT molecular complexity index is 836. The van der Waals surface area contributed by atoms with Crippen LogP contribution in [0.1, 0.15) is 12.0 Å². The number of anilines is 1. The summed E-state index contributed by atoms with van der Waals surface area (Å²) in [5, 5.41) is -0.250. The third-order valence-electron chi connectivity index (χ3n) is 4.75. The van der Waals surface area contributed by atoms with Gasteiger partial charge in [0.15, 0.2) is 10.9 Å². The fourth-order valence-corrected chi connectivity index (χ4v) is 4.38. The van der Waals surface area contributed by atoms with Crippen LogP contribution in [0.2, 0.25) is 0 Å². The molecule has 0 amide bonds. The number of benzene rings is 2. The molecule has 5 nitrogen and oxygen atoms in total. The highest BCUT2D eigenvalue weighted by molar-refractivity contribution is 8.15. The standard InChI is InChI=1S/C21H21NO4S/c23-18-14-21(24)27-20(18)13-15-5-7-16(8-6-15)25-11-9-22-10-12-26-19-4-2-1-3-17(19)22/h1-8,20H,9-14H2. The summed E-state index contributed by atoms with van der Waals surface area (Å²) < 4.78 is 11.5. The zero-order chi connectivity index (χ0) is 18.6. The van der Waals surface area contributed by atoms with Crippen LogP contribution in [0.5, 0.6) is 11.5 Å². The maximum Gasteiger partial charge on any atom is 0.197 e. The van der Waals surface area contributed by atoms with E-state index in [-0.39, 0.29) is 22.6 Å². The first-order chi connectivity index (χ1) is 13.2. The van der Waals surface area contributed by atoms with Gasteiger partial charge in [-0.05, 0) is 36.2 Å². The van der Waals surface area contributed by atoms with Crippen LogP contribution in [0.25, 0.3) is 0 Å². The molecule has 0 saturated carbocycles. The van der Waals surface area contributed by atoms with Gasteiger partial charge in [-0.2, -0.15) is 0 Å². The van der Waals surface area contributed by atoms with Crippen LogP contribution in [0.15, 0.2) is 48.5 Å². The lowest BCUT2D eigenvalue weighted by molar-refractivity contribution is -0.121. The van der Waals surface area contributed by atoms with E-state index in [0.29, 0.717) is 19.6 Å². The molecular formula is C21H21NO4S. The van der Waals surface area contributed by atoms with Crippen molar-refractivity contribution in [2.24, 2.45) is 0 Å². The van der Waals surface area contributed by atoms with Gasteiger partial charge in [0.25, 0.3) is 0 Å². The van der Waals surface area contributed by atoms with Crippen LogP contribution in [-0.2, 0) is 16.0 Å². The molecule has 0 aliphatic carbocycles. The minimum absolute atomic E-state index is 0.0189. The zero-order valence-corrected chi connectivity index (χ0v) is 15.7. The minimum Gasteiger partial charge on any atom is -0.492 e. The monoisotopic (exact) mass is 383 g/mol. The Balaban J connectivity index is 1.28. The molecule has 2 heterocycles. The van der Waals surface area contributed by atoms with E-state index in [1.54, 1.807) is 0 Å². The van der Waals surface area contributed by atoms with E-state index in [2.05, 4.69) is 11.0 Å². The predicted molar refractivity (Wildman–Crippen MR) is 106 cm³/mol. The summed E-state index contributed by atoms with van der Waals surface area (Å²) >= 11 is 1.16. The first kappa shape index (κ1) is 17.9. The number of carbonyl (C=O) groups is 2. The summed E-state index contributed by atoms with van der Waals surface area (Å²) in [6.45, 7) is 2.91. The van der Waals surface area contributed by atoms with E-state index in [1.165, 1.54) is 0 Å². The second-order valence-corrected chi connectivity index (χ2v) is 7.88. The Labute approximate surface area is 162 Å². The molecule has 1 saturated heterocycles. The number of rotatable bonds is 6. The Morgan fingerprint density at radius 1 is 1.11 bits per heavy atom. The van der Waals surface area contributed by atoms with E-state index < -0.39 is 0 Å². The van der Waals surface area contributed by atoms with Crippen molar-refractivity contribution in [2.75, 3.05) is 31.2 Å². The van der Waals surface area contributed by atoms with Crippen molar-refractivity contribution in [3.8, 4) is 11.5 Å². The lowest BCUT2D eigenvalue weighted by Gasteiger charge is -2.31. The number of nitrogens with zero attached hydrogens (tertiary/aromatic N) is 1. The Kier molecular flexibility index (Phi) is 5.34. The normalized spacial score (nSPS) is 19.0. The smallest absolute Gasteiger partial charge is 0.197 e. The van der Waals surface area contributed by atoms with Gasteiger partial charge < -0.3 is 14.4 Å². The number of ether oxygens (including phenoxy) is 2. The van der Waals surface area contributed by atoms with Gasteiger partial charge in [0.1, 0.15) is 24.7 Å². The van der Waals surface area contributed by atoms with E-state index in [4.69, 9.17) is 9.47 Å². The van der Waals surface area contributed by atoms with Crippen LogP contribution < -0.4 is 14.4 Å². The number of thioether (sulfide) groups is 1. The summed E-state index contributed by atoms with van der Waals surface area (Å²) in [5.41, 5.74) is 2.15. The van der Waals surface area contributed by atoms with Crippen molar-refractivity contribution in [1.82, 2.24) is 0 Å². The topological polar surface area (TPSA) is 55.8 Å². The van der Waals surface area contributed by atoms with Crippen molar-refractivity contribution in [3.05, 3.63) is 54.1 Å². The number of para-hydroxylation sites is 2. The van der Waals surface area contributed by atoms with Crippen molar-refractivity contribution in [1.29, 1.82) is 0 Å². The summed E-state index contributed by atoms with van der Waals surface area (Å²) in [7, 11) is 0. The molecular weight excluding hydrogens is 362 g/mol. The van der Waals surface area contributed by atoms with Gasteiger partial charge >= 0.3 is 0 Å². The number of hydrogen-bond donors (Lipinski definition) is 0. The molecule has 0 radical (unpaired) electrons. The highest BCUT2D eigenvalue weighted by atomic mass is 32.2. The Hall–Kier alpha value is -2.47. The molecule has 0 aromatic heterocycles. The first-order valence-corrected chi connectivity index (χ1v) is 9.98. The molecule has 1 fully saturated rings. The van der Waals surface area contributed by atoms with Crippen LogP contribution in [0, 0.1) is 0 Å². The molecule has 2 aromatic rings. The third kappa shape index (κ3) is 4.27. The SMILES string of the molecule is O=C1CC(=O)C(Cc2ccc(OCCN3CCOc4ccccc43)cc2)S1. The van der Waals surface area contributed by atoms with Crippen LogP contribution in [0.3, 0.4) is 0 Å². The summed E-state index contributed by atoms with van der Waals surface area (Å²) in [5.74, 6) is 1.77. The second kappa shape index (κ2) is 8.05. The van der Waals surface area contributed by atoms with E-state index in [1.807, 2.05) is 42.5 Å². The number of fused-ring (bicyclic) bond motifs is 1. The predicted octanol–water partition coefficient (Wildman–Crippen LogP) is 3.11. The number of ketones is 1. The van der Waals surface area contributed by atoms with Crippen molar-refractivity contribution in [3.63, 3.8) is 0 Å². The average Bonchev–Trinajstić information content (AvgIpc) is 3.00. The molecule has 140 valence electrons. The fourth-order valence-electron chi connectivity index (χ4n) is 3.35. The van der Waals surface area contributed by atoms with Crippen LogP contribution >= 0.6 is 11.8 Å². The first-order valence-electron chi connectivity index (χ1n) is 9.10. The van der Waals surface area contributed by atoms with Gasteiger partial charge in [-0.1, -0.05) is 36.0 Å². The fraction of sp³-hybridized carbons (Fsp3) is 0.333. The third-order valence-corrected chi connectivity index (χ3v) is 5.87. The molecule has 1 unspecified atom stereocenters. The average molecular weight is 383 g/mol. The molecule has 0 N–H and O–H groups in total. The molecule has 2 aliphatic rings. The van der Waals surface area contributed by atoms with Gasteiger partial charge in [0.2, 0.25) is 0 Å². The van der Waals surface area contributed by atoms with Crippen LogP contribution in [0.4, 0.5) is 5.69 Å². The highest BCUT2D eigenvalue weighted by Gasteiger charge is 2.31. The van der Waals surface area contributed by atoms with Crippen LogP contribution in [-0.4, -0.2) is 42.5 Å². The van der Waals surface area contributed by atoms with Gasteiger partial charge in [-0.25, -0.2) is 0 Å². The molecule has 2 aromatic carbocycles. The lowest BCUT2D eigenvalue weighted by Crippen LogP contribution is -2.35. The summed E-state index contributed by atoms with van der Waals surface area (Å²) in [6.07, 6.45) is 0.668. The highest BCUT2D eigenvalue weighted by Crippen LogP contribution is 2.31. The Morgan fingerprint density at radius 3 is 2.70 bits per heavy atom. The molecule has 27 heavy (non-hydrogen) atoms. The largest absolute Gasteiger partial charge is 0.492 e. The molecule has 2 aliphatic heterocycles. The Morgan fingerprint density at radius 2 is 1.93 bits per heavy atom. The lowest BCUT2D eigenvalue weighted by atomic mass is 10.1. The molecule has 4 rings (SSSR count). The van der Waals surface area contributed by atoms with E-state index in [0.717, 1.165) is 47.6 Å². The van der Waals surface area contributed by atoms with Gasteiger partial charge in [0.05, 0.1) is 30.4 Å². The van der Waals surface area contributed by atoms with Crippen molar-refractivity contribution < 1.29 is 19.1 Å². The van der Waals surface area contributed by atoms with E-state index >= 15 is 0 Å².